The minimum absolute atomic E-state index is 0.405. The lowest BCUT2D eigenvalue weighted by Gasteiger charge is -2.18. The average molecular weight is 316 g/mol. The summed E-state index contributed by atoms with van der Waals surface area (Å²) >= 11 is 18.0. The number of hydrogen-bond donors (Lipinski definition) is 0. The Kier molecular flexibility index (Phi) is 5.06. The lowest BCUT2D eigenvalue weighted by molar-refractivity contribution is 0.319. The van der Waals surface area contributed by atoms with Gasteiger partial charge in [-0.3, -0.25) is 4.90 Å². The molecule has 0 saturated heterocycles. The third-order valence-electron chi connectivity index (χ3n) is 2.73. The molecule has 0 N–H and O–H groups in total. The van der Waals surface area contributed by atoms with Crippen molar-refractivity contribution in [2.75, 3.05) is 7.05 Å². The number of nitrogens with zero attached hydrogens (tertiary/aromatic N) is 2. The predicted octanol–water partition coefficient (Wildman–Crippen LogP) is 4.67. The zero-order valence-corrected chi connectivity index (χ0v) is 12.7. The number of benzene rings is 1. The van der Waals surface area contributed by atoms with Gasteiger partial charge in [-0.25, -0.2) is 4.98 Å². The molecule has 0 aliphatic rings. The number of halogens is 3. The highest BCUT2D eigenvalue weighted by Crippen LogP contribution is 2.21. The molecule has 1 aromatic heterocycles. The minimum atomic E-state index is 0.405. The van der Waals surface area contributed by atoms with Crippen molar-refractivity contribution >= 4 is 34.8 Å². The van der Waals surface area contributed by atoms with E-state index in [2.05, 4.69) is 9.88 Å². The molecule has 0 radical (unpaired) electrons. The Bertz CT molecular complexity index is 572. The minimum Gasteiger partial charge on any atom is -0.298 e. The molecule has 0 fully saturated rings. The second-order valence-corrected chi connectivity index (χ2v) is 5.56. The molecule has 100 valence electrons. The first kappa shape index (κ1) is 14.6. The predicted molar refractivity (Wildman–Crippen MR) is 80.9 cm³/mol. The van der Waals surface area contributed by atoms with Crippen LogP contribution in [0.4, 0.5) is 0 Å². The van der Waals surface area contributed by atoms with E-state index in [1.165, 1.54) is 0 Å². The Labute approximate surface area is 127 Å². The van der Waals surface area contributed by atoms with Gasteiger partial charge in [0.15, 0.2) is 0 Å². The number of aromatic nitrogens is 1. The monoisotopic (exact) mass is 314 g/mol. The molecule has 19 heavy (non-hydrogen) atoms. The molecule has 0 atom stereocenters. The maximum Gasteiger partial charge on any atom is 0.130 e. The first-order chi connectivity index (χ1) is 9.06. The van der Waals surface area contributed by atoms with Crippen molar-refractivity contribution in [1.82, 2.24) is 9.88 Å². The van der Waals surface area contributed by atoms with E-state index < -0.39 is 0 Å². The largest absolute Gasteiger partial charge is 0.298 e. The molecule has 0 spiro atoms. The van der Waals surface area contributed by atoms with Gasteiger partial charge in [0.2, 0.25) is 0 Å². The molecule has 0 unspecified atom stereocenters. The molecule has 0 saturated carbocycles. The normalized spacial score (nSPS) is 11.0. The highest BCUT2D eigenvalue weighted by atomic mass is 35.5. The van der Waals surface area contributed by atoms with Crippen molar-refractivity contribution < 1.29 is 0 Å². The Balaban J connectivity index is 2.05. The van der Waals surface area contributed by atoms with Crippen LogP contribution in [-0.2, 0) is 13.1 Å². The van der Waals surface area contributed by atoms with Crippen LogP contribution in [0.2, 0.25) is 15.2 Å². The van der Waals surface area contributed by atoms with Crippen molar-refractivity contribution in [1.29, 1.82) is 0 Å². The van der Waals surface area contributed by atoms with Gasteiger partial charge in [-0.2, -0.15) is 0 Å². The molecule has 1 aromatic carbocycles. The van der Waals surface area contributed by atoms with Crippen LogP contribution >= 0.6 is 34.8 Å². The van der Waals surface area contributed by atoms with Crippen LogP contribution in [-0.4, -0.2) is 16.9 Å². The van der Waals surface area contributed by atoms with Gasteiger partial charge in [-0.1, -0.05) is 53.0 Å². The fourth-order valence-corrected chi connectivity index (χ4v) is 2.44. The van der Waals surface area contributed by atoms with Gasteiger partial charge in [0.05, 0.1) is 0 Å². The van der Waals surface area contributed by atoms with Crippen LogP contribution < -0.4 is 0 Å². The van der Waals surface area contributed by atoms with Crippen molar-refractivity contribution in [3.8, 4) is 0 Å². The number of pyridine rings is 1. The maximum atomic E-state index is 6.14. The van der Waals surface area contributed by atoms with Crippen molar-refractivity contribution in [2.24, 2.45) is 0 Å². The quantitative estimate of drug-likeness (QED) is 0.762. The second kappa shape index (κ2) is 6.58. The van der Waals surface area contributed by atoms with E-state index in [4.69, 9.17) is 34.8 Å². The van der Waals surface area contributed by atoms with Gasteiger partial charge >= 0.3 is 0 Å². The Morgan fingerprint density at radius 2 is 1.68 bits per heavy atom. The van der Waals surface area contributed by atoms with Gasteiger partial charge in [0.25, 0.3) is 0 Å². The van der Waals surface area contributed by atoms with Crippen molar-refractivity contribution in [2.45, 2.75) is 13.1 Å². The summed E-state index contributed by atoms with van der Waals surface area (Å²) in [6.07, 6.45) is 1.70. The third kappa shape index (κ3) is 4.08. The van der Waals surface area contributed by atoms with Crippen LogP contribution in [0.5, 0.6) is 0 Å². The number of hydrogen-bond acceptors (Lipinski definition) is 2. The summed E-state index contributed by atoms with van der Waals surface area (Å²) in [4.78, 5) is 6.17. The fourth-order valence-electron chi connectivity index (χ4n) is 1.82. The summed E-state index contributed by atoms with van der Waals surface area (Å²) in [7, 11) is 2.01. The second-order valence-electron chi connectivity index (χ2n) is 4.36. The Morgan fingerprint density at radius 3 is 2.37 bits per heavy atom. The highest BCUT2D eigenvalue weighted by molar-refractivity contribution is 6.34. The zero-order chi connectivity index (χ0) is 13.8. The smallest absolute Gasteiger partial charge is 0.130 e. The van der Waals surface area contributed by atoms with Crippen LogP contribution in [0.1, 0.15) is 11.1 Å². The van der Waals surface area contributed by atoms with Gasteiger partial charge in [0.1, 0.15) is 5.15 Å². The molecule has 2 nitrogen and oxygen atoms in total. The summed E-state index contributed by atoms with van der Waals surface area (Å²) in [5.74, 6) is 0. The Morgan fingerprint density at radius 1 is 1.00 bits per heavy atom. The molecule has 0 amide bonds. The van der Waals surface area contributed by atoms with Crippen LogP contribution in [0, 0.1) is 0 Å². The van der Waals surface area contributed by atoms with E-state index in [0.717, 1.165) is 22.7 Å². The van der Waals surface area contributed by atoms with Crippen molar-refractivity contribution in [3.63, 3.8) is 0 Å². The highest BCUT2D eigenvalue weighted by Gasteiger charge is 2.08. The van der Waals surface area contributed by atoms with Gasteiger partial charge in [0, 0.05) is 34.9 Å². The van der Waals surface area contributed by atoms with E-state index in [1.54, 1.807) is 12.3 Å². The molecular formula is C14H13Cl3N2. The summed E-state index contributed by atoms with van der Waals surface area (Å²) < 4.78 is 0. The van der Waals surface area contributed by atoms with E-state index >= 15 is 0 Å². The SMILES string of the molecule is CN(Cc1ccccc1Cl)Cc1cnc(Cl)cc1Cl. The summed E-state index contributed by atoms with van der Waals surface area (Å²) in [5, 5.41) is 1.81. The van der Waals surface area contributed by atoms with Gasteiger partial charge < -0.3 is 0 Å². The van der Waals surface area contributed by atoms with Gasteiger partial charge in [-0.15, -0.1) is 0 Å². The summed E-state index contributed by atoms with van der Waals surface area (Å²) in [6, 6.07) is 9.46. The third-order valence-corrected chi connectivity index (χ3v) is 3.66. The Hall–Kier alpha value is -0.800. The lowest BCUT2D eigenvalue weighted by atomic mass is 10.2. The first-order valence-corrected chi connectivity index (χ1v) is 6.91. The molecule has 2 rings (SSSR count). The lowest BCUT2D eigenvalue weighted by Crippen LogP contribution is -2.17. The van der Waals surface area contributed by atoms with E-state index in [0.29, 0.717) is 16.7 Å². The van der Waals surface area contributed by atoms with E-state index in [9.17, 15) is 0 Å². The van der Waals surface area contributed by atoms with Crippen LogP contribution in [0.15, 0.2) is 36.5 Å². The topological polar surface area (TPSA) is 16.1 Å². The van der Waals surface area contributed by atoms with Crippen LogP contribution in [0.25, 0.3) is 0 Å². The fraction of sp³-hybridized carbons (Fsp3) is 0.214. The molecule has 5 heteroatoms. The molecule has 2 aromatic rings. The average Bonchev–Trinajstić information content (AvgIpc) is 2.36. The summed E-state index contributed by atoms with van der Waals surface area (Å²) in [5.41, 5.74) is 2.03. The molecular weight excluding hydrogens is 303 g/mol. The first-order valence-electron chi connectivity index (χ1n) is 5.78. The molecule has 1 heterocycles. The van der Waals surface area contributed by atoms with E-state index in [1.807, 2.05) is 31.3 Å². The standard InChI is InChI=1S/C14H13Cl3N2/c1-19(8-10-4-2-3-5-12(10)15)9-11-7-18-14(17)6-13(11)16/h2-7H,8-9H2,1H3. The molecule has 0 aliphatic heterocycles. The zero-order valence-electron chi connectivity index (χ0n) is 10.4. The van der Waals surface area contributed by atoms with Gasteiger partial charge in [-0.05, 0) is 24.7 Å². The van der Waals surface area contributed by atoms with Crippen molar-refractivity contribution in [3.05, 3.63) is 62.9 Å². The van der Waals surface area contributed by atoms with E-state index in [-0.39, 0.29) is 0 Å². The molecule has 0 bridgehead atoms. The summed E-state index contributed by atoms with van der Waals surface area (Å²) in [6.45, 7) is 1.44. The number of rotatable bonds is 4. The van der Waals surface area contributed by atoms with Crippen LogP contribution in [0.3, 0.4) is 0 Å². The maximum absolute atomic E-state index is 6.14. The molecule has 0 aliphatic carbocycles.